The van der Waals surface area contributed by atoms with Crippen molar-refractivity contribution in [1.29, 1.82) is 0 Å². The van der Waals surface area contributed by atoms with E-state index in [0.717, 1.165) is 18.4 Å². The summed E-state index contributed by atoms with van der Waals surface area (Å²) in [6.07, 6.45) is 8.02. The van der Waals surface area contributed by atoms with Crippen LogP contribution in [0.1, 0.15) is 65.6 Å². The Hall–Kier alpha value is -0.830. The first-order chi connectivity index (χ1) is 9.78. The molecule has 0 spiro atoms. The molecule has 3 unspecified atom stereocenters. The molecule has 2 rings (SSSR count). The molecule has 1 aliphatic carbocycles. The molecule has 0 aliphatic heterocycles. The van der Waals surface area contributed by atoms with Crippen molar-refractivity contribution in [2.45, 2.75) is 65.3 Å². The first-order valence-electron chi connectivity index (χ1n) is 8.50. The Kier molecular flexibility index (Phi) is 5.13. The van der Waals surface area contributed by atoms with Crippen LogP contribution in [0, 0.1) is 17.8 Å². The van der Waals surface area contributed by atoms with E-state index in [1.165, 1.54) is 25.1 Å². The van der Waals surface area contributed by atoms with Gasteiger partial charge in [0.25, 0.3) is 0 Å². The van der Waals surface area contributed by atoms with Crippen molar-refractivity contribution in [3.05, 3.63) is 18.2 Å². The number of hydrogen-bond donors (Lipinski definition) is 1. The van der Waals surface area contributed by atoms with Gasteiger partial charge in [0.2, 0.25) is 0 Å². The summed E-state index contributed by atoms with van der Waals surface area (Å²) in [5, 5.41) is 3.71. The molecule has 21 heavy (non-hydrogen) atoms. The van der Waals surface area contributed by atoms with E-state index in [0.29, 0.717) is 11.8 Å². The second-order valence-corrected chi connectivity index (χ2v) is 8.21. The molecule has 0 amide bonds. The van der Waals surface area contributed by atoms with Gasteiger partial charge in [0.05, 0.1) is 0 Å². The van der Waals surface area contributed by atoms with Crippen LogP contribution in [0.5, 0.6) is 0 Å². The Morgan fingerprint density at radius 3 is 2.57 bits per heavy atom. The van der Waals surface area contributed by atoms with Gasteiger partial charge < -0.3 is 9.88 Å². The molecule has 3 nitrogen and oxygen atoms in total. The lowest BCUT2D eigenvalue weighted by Gasteiger charge is -2.39. The Balaban J connectivity index is 2.13. The van der Waals surface area contributed by atoms with Crippen molar-refractivity contribution in [1.82, 2.24) is 14.9 Å². The van der Waals surface area contributed by atoms with Gasteiger partial charge in [-0.25, -0.2) is 4.98 Å². The van der Waals surface area contributed by atoms with Gasteiger partial charge in [-0.1, -0.05) is 13.8 Å². The molecule has 120 valence electrons. The third kappa shape index (κ3) is 4.32. The molecule has 1 aromatic heterocycles. The van der Waals surface area contributed by atoms with Crippen molar-refractivity contribution < 1.29 is 0 Å². The molecule has 0 saturated heterocycles. The summed E-state index contributed by atoms with van der Waals surface area (Å²) in [7, 11) is 2.13. The Morgan fingerprint density at radius 1 is 1.33 bits per heavy atom. The molecule has 1 fully saturated rings. The van der Waals surface area contributed by atoms with Gasteiger partial charge in [0.15, 0.2) is 0 Å². The van der Waals surface area contributed by atoms with Crippen molar-refractivity contribution in [2.24, 2.45) is 24.8 Å². The van der Waals surface area contributed by atoms with E-state index in [1.807, 2.05) is 6.20 Å². The highest BCUT2D eigenvalue weighted by atomic mass is 15.0. The predicted molar refractivity (Wildman–Crippen MR) is 89.4 cm³/mol. The highest BCUT2D eigenvalue weighted by Gasteiger charge is 2.35. The van der Waals surface area contributed by atoms with Crippen LogP contribution < -0.4 is 5.32 Å². The van der Waals surface area contributed by atoms with E-state index in [9.17, 15) is 0 Å². The van der Waals surface area contributed by atoms with Crippen LogP contribution >= 0.6 is 0 Å². The van der Waals surface area contributed by atoms with Crippen molar-refractivity contribution in [2.75, 3.05) is 6.54 Å². The average Bonchev–Trinajstić information content (AvgIpc) is 2.81. The van der Waals surface area contributed by atoms with Crippen LogP contribution in [0.3, 0.4) is 0 Å². The van der Waals surface area contributed by atoms with Gasteiger partial charge in [-0.15, -0.1) is 0 Å². The Bertz CT molecular complexity index is 442. The summed E-state index contributed by atoms with van der Waals surface area (Å²) in [5.74, 6) is 4.21. The quantitative estimate of drug-likeness (QED) is 0.910. The van der Waals surface area contributed by atoms with E-state index in [4.69, 9.17) is 0 Å². The molecule has 1 aromatic rings. The topological polar surface area (TPSA) is 29.9 Å². The standard InChI is InChI=1S/C18H33N3/c1-13(2)14-7-8-15(12-20-18(3,4)5)16(11-14)17-19-9-10-21(17)6/h9-10,13-16,20H,7-8,11-12H2,1-6H3. The van der Waals surface area contributed by atoms with Crippen LogP contribution in [0.4, 0.5) is 0 Å². The molecule has 1 heterocycles. The van der Waals surface area contributed by atoms with Gasteiger partial charge in [0, 0.05) is 30.9 Å². The SMILES string of the molecule is CC(C)C1CCC(CNC(C)(C)C)C(c2nccn2C)C1. The Labute approximate surface area is 130 Å². The van der Waals surface area contributed by atoms with Crippen LogP contribution in [0.2, 0.25) is 0 Å². The lowest BCUT2D eigenvalue weighted by atomic mass is 9.70. The first-order valence-corrected chi connectivity index (χ1v) is 8.50. The highest BCUT2D eigenvalue weighted by molar-refractivity contribution is 5.05. The maximum Gasteiger partial charge on any atom is 0.111 e. The molecule has 0 aromatic carbocycles. The monoisotopic (exact) mass is 291 g/mol. The zero-order valence-electron chi connectivity index (χ0n) is 14.7. The molecule has 1 N–H and O–H groups in total. The maximum absolute atomic E-state index is 4.66. The zero-order valence-corrected chi connectivity index (χ0v) is 14.7. The summed E-state index contributed by atoms with van der Waals surface area (Å²) < 4.78 is 2.22. The molecule has 1 saturated carbocycles. The number of rotatable bonds is 4. The van der Waals surface area contributed by atoms with Crippen molar-refractivity contribution >= 4 is 0 Å². The third-order valence-electron chi connectivity index (χ3n) is 5.06. The van der Waals surface area contributed by atoms with Crippen LogP contribution in [0.15, 0.2) is 12.4 Å². The molecule has 3 atom stereocenters. The summed E-state index contributed by atoms with van der Waals surface area (Å²) >= 11 is 0. The first kappa shape index (κ1) is 16.5. The molecule has 3 heteroatoms. The maximum atomic E-state index is 4.66. The van der Waals surface area contributed by atoms with Gasteiger partial charge in [-0.2, -0.15) is 0 Å². The average molecular weight is 291 g/mol. The lowest BCUT2D eigenvalue weighted by Crippen LogP contribution is -2.42. The second-order valence-electron chi connectivity index (χ2n) is 8.21. The largest absolute Gasteiger partial charge is 0.338 e. The van der Waals surface area contributed by atoms with Gasteiger partial charge in [-0.3, -0.25) is 0 Å². The molecular formula is C18H33N3. The lowest BCUT2D eigenvalue weighted by molar-refractivity contribution is 0.176. The normalized spacial score (nSPS) is 27.3. The number of imidazole rings is 1. The number of aryl methyl sites for hydroxylation is 1. The molecule has 1 aliphatic rings. The van der Waals surface area contributed by atoms with E-state index in [2.05, 4.69) is 62.7 Å². The smallest absolute Gasteiger partial charge is 0.111 e. The van der Waals surface area contributed by atoms with Crippen LogP contribution in [-0.2, 0) is 7.05 Å². The van der Waals surface area contributed by atoms with E-state index >= 15 is 0 Å². The fraction of sp³-hybridized carbons (Fsp3) is 0.833. The number of aromatic nitrogens is 2. The number of nitrogens with zero attached hydrogens (tertiary/aromatic N) is 2. The summed E-state index contributed by atoms with van der Waals surface area (Å²) in [4.78, 5) is 4.66. The summed E-state index contributed by atoms with van der Waals surface area (Å²) in [6.45, 7) is 12.6. The molecule has 0 radical (unpaired) electrons. The predicted octanol–water partition coefficient (Wildman–Crippen LogP) is 3.96. The number of hydrogen-bond acceptors (Lipinski definition) is 2. The minimum Gasteiger partial charge on any atom is -0.338 e. The fourth-order valence-corrected chi connectivity index (χ4v) is 3.60. The van der Waals surface area contributed by atoms with Gasteiger partial charge >= 0.3 is 0 Å². The summed E-state index contributed by atoms with van der Waals surface area (Å²) in [6, 6.07) is 0. The van der Waals surface area contributed by atoms with Crippen LogP contribution in [-0.4, -0.2) is 21.6 Å². The zero-order chi connectivity index (χ0) is 15.6. The van der Waals surface area contributed by atoms with E-state index < -0.39 is 0 Å². The molecule has 0 bridgehead atoms. The highest BCUT2D eigenvalue weighted by Crippen LogP contribution is 2.42. The van der Waals surface area contributed by atoms with Gasteiger partial charge in [0.1, 0.15) is 5.82 Å². The van der Waals surface area contributed by atoms with Crippen molar-refractivity contribution in [3.63, 3.8) is 0 Å². The van der Waals surface area contributed by atoms with Gasteiger partial charge in [-0.05, 0) is 64.3 Å². The van der Waals surface area contributed by atoms with E-state index in [-0.39, 0.29) is 5.54 Å². The number of nitrogens with one attached hydrogen (secondary N) is 1. The van der Waals surface area contributed by atoms with Crippen molar-refractivity contribution in [3.8, 4) is 0 Å². The van der Waals surface area contributed by atoms with E-state index in [1.54, 1.807) is 0 Å². The second kappa shape index (κ2) is 6.51. The fourth-order valence-electron chi connectivity index (χ4n) is 3.60. The molecular weight excluding hydrogens is 258 g/mol. The summed E-state index contributed by atoms with van der Waals surface area (Å²) in [5.41, 5.74) is 0.196. The Morgan fingerprint density at radius 2 is 2.05 bits per heavy atom. The van der Waals surface area contributed by atoms with Crippen LogP contribution in [0.25, 0.3) is 0 Å². The minimum atomic E-state index is 0.196. The minimum absolute atomic E-state index is 0.196. The third-order valence-corrected chi connectivity index (χ3v) is 5.06.